The van der Waals surface area contributed by atoms with Crippen molar-refractivity contribution in [2.75, 3.05) is 31.6 Å². The standard InChI is InChI=1S/C20H32N2O3/c1-4-6-16-22(5-2)18-13-11-17(12-14-18)20(24)21-15-9-7-8-10-19(23)25-3/h11-14H,4-10,15-16H2,1-3H3,(H,21,24). The highest BCUT2D eigenvalue weighted by atomic mass is 16.5. The van der Waals surface area contributed by atoms with Crippen molar-refractivity contribution in [1.29, 1.82) is 0 Å². The van der Waals surface area contributed by atoms with Crippen LogP contribution < -0.4 is 10.2 Å². The van der Waals surface area contributed by atoms with Crippen molar-refractivity contribution >= 4 is 17.6 Å². The number of nitrogens with zero attached hydrogens (tertiary/aromatic N) is 1. The second-order valence-corrected chi connectivity index (χ2v) is 6.12. The molecule has 5 nitrogen and oxygen atoms in total. The molecule has 1 aromatic rings. The number of ether oxygens (including phenoxy) is 1. The molecule has 1 amide bonds. The van der Waals surface area contributed by atoms with E-state index in [1.165, 1.54) is 20.0 Å². The van der Waals surface area contributed by atoms with E-state index in [1.807, 2.05) is 24.3 Å². The average Bonchev–Trinajstić information content (AvgIpc) is 2.65. The Morgan fingerprint density at radius 1 is 1.04 bits per heavy atom. The number of rotatable bonds is 12. The van der Waals surface area contributed by atoms with Gasteiger partial charge in [-0.2, -0.15) is 0 Å². The summed E-state index contributed by atoms with van der Waals surface area (Å²) in [4.78, 5) is 25.5. The maximum Gasteiger partial charge on any atom is 0.305 e. The molecular weight excluding hydrogens is 316 g/mol. The van der Waals surface area contributed by atoms with Gasteiger partial charge in [-0.1, -0.05) is 19.8 Å². The number of unbranched alkanes of at least 4 members (excludes halogenated alkanes) is 3. The summed E-state index contributed by atoms with van der Waals surface area (Å²) < 4.78 is 4.60. The average molecular weight is 348 g/mol. The highest BCUT2D eigenvalue weighted by Gasteiger charge is 2.08. The summed E-state index contributed by atoms with van der Waals surface area (Å²) in [6.07, 6.45) is 5.35. The lowest BCUT2D eigenvalue weighted by Crippen LogP contribution is -2.25. The van der Waals surface area contributed by atoms with Crippen molar-refractivity contribution in [3.8, 4) is 0 Å². The van der Waals surface area contributed by atoms with E-state index < -0.39 is 0 Å². The Kier molecular flexibility index (Phi) is 10.4. The number of nitrogens with one attached hydrogen (secondary N) is 1. The number of hydrogen-bond donors (Lipinski definition) is 1. The van der Waals surface area contributed by atoms with Gasteiger partial charge in [-0.15, -0.1) is 0 Å². The summed E-state index contributed by atoms with van der Waals surface area (Å²) in [6.45, 7) is 6.98. The minimum Gasteiger partial charge on any atom is -0.469 e. The van der Waals surface area contributed by atoms with Gasteiger partial charge in [-0.05, 0) is 50.5 Å². The van der Waals surface area contributed by atoms with Gasteiger partial charge in [0.1, 0.15) is 0 Å². The molecule has 0 unspecified atom stereocenters. The van der Waals surface area contributed by atoms with Gasteiger partial charge >= 0.3 is 5.97 Å². The van der Waals surface area contributed by atoms with Crippen LogP contribution in [0.1, 0.15) is 62.7 Å². The van der Waals surface area contributed by atoms with Crippen molar-refractivity contribution in [3.63, 3.8) is 0 Å². The molecule has 0 radical (unpaired) electrons. The molecule has 0 aliphatic carbocycles. The quantitative estimate of drug-likeness (QED) is 0.461. The fourth-order valence-electron chi connectivity index (χ4n) is 2.62. The molecule has 5 heteroatoms. The summed E-state index contributed by atoms with van der Waals surface area (Å²) in [5, 5.41) is 2.93. The van der Waals surface area contributed by atoms with E-state index >= 15 is 0 Å². The van der Waals surface area contributed by atoms with Crippen LogP contribution in [0.3, 0.4) is 0 Å². The Hall–Kier alpha value is -2.04. The van der Waals surface area contributed by atoms with Crippen LogP contribution in [0.4, 0.5) is 5.69 Å². The lowest BCUT2D eigenvalue weighted by Gasteiger charge is -2.23. The monoisotopic (exact) mass is 348 g/mol. The van der Waals surface area contributed by atoms with Crippen LogP contribution in [0.2, 0.25) is 0 Å². The fourth-order valence-corrected chi connectivity index (χ4v) is 2.62. The highest BCUT2D eigenvalue weighted by molar-refractivity contribution is 5.94. The van der Waals surface area contributed by atoms with Crippen LogP contribution in [-0.4, -0.2) is 38.6 Å². The summed E-state index contributed by atoms with van der Waals surface area (Å²) >= 11 is 0. The van der Waals surface area contributed by atoms with Crippen molar-refractivity contribution in [2.24, 2.45) is 0 Å². The van der Waals surface area contributed by atoms with E-state index in [0.717, 1.165) is 38.0 Å². The molecule has 1 rings (SSSR count). The number of carbonyl (C=O) groups excluding carboxylic acids is 2. The minimum atomic E-state index is -0.177. The largest absolute Gasteiger partial charge is 0.469 e. The topological polar surface area (TPSA) is 58.6 Å². The Bertz CT molecular complexity index is 514. The minimum absolute atomic E-state index is 0.0453. The van der Waals surface area contributed by atoms with E-state index in [0.29, 0.717) is 18.5 Å². The predicted octanol–water partition coefficient (Wildman–Crippen LogP) is 3.78. The molecule has 0 saturated carbocycles. The summed E-state index contributed by atoms with van der Waals surface area (Å²) in [6, 6.07) is 7.81. The van der Waals surface area contributed by atoms with Crippen molar-refractivity contribution in [3.05, 3.63) is 29.8 Å². The van der Waals surface area contributed by atoms with E-state index in [1.54, 1.807) is 0 Å². The second-order valence-electron chi connectivity index (χ2n) is 6.12. The SMILES string of the molecule is CCCCN(CC)c1ccc(C(=O)NCCCCCC(=O)OC)cc1. The third kappa shape index (κ3) is 8.05. The molecule has 0 atom stereocenters. The number of anilines is 1. The second kappa shape index (κ2) is 12.3. The molecule has 0 bridgehead atoms. The number of amides is 1. The lowest BCUT2D eigenvalue weighted by molar-refractivity contribution is -0.140. The Labute approximate surface area is 151 Å². The van der Waals surface area contributed by atoms with Crippen LogP contribution in [0, 0.1) is 0 Å². The molecule has 0 saturated heterocycles. The first-order valence-electron chi connectivity index (χ1n) is 9.32. The predicted molar refractivity (Wildman–Crippen MR) is 102 cm³/mol. The highest BCUT2D eigenvalue weighted by Crippen LogP contribution is 2.16. The van der Waals surface area contributed by atoms with E-state index in [4.69, 9.17) is 0 Å². The smallest absolute Gasteiger partial charge is 0.305 e. The molecule has 0 aliphatic rings. The van der Waals surface area contributed by atoms with Crippen LogP contribution >= 0.6 is 0 Å². The summed E-state index contributed by atoms with van der Waals surface area (Å²) in [5.74, 6) is -0.222. The molecule has 1 N–H and O–H groups in total. The molecular formula is C20H32N2O3. The normalized spacial score (nSPS) is 10.4. The van der Waals surface area contributed by atoms with Crippen molar-refractivity contribution < 1.29 is 14.3 Å². The molecule has 1 aromatic carbocycles. The molecule has 0 aliphatic heterocycles. The fraction of sp³-hybridized carbons (Fsp3) is 0.600. The maximum absolute atomic E-state index is 12.2. The first-order valence-corrected chi connectivity index (χ1v) is 9.32. The van der Waals surface area contributed by atoms with Gasteiger partial charge in [0.15, 0.2) is 0 Å². The van der Waals surface area contributed by atoms with Crippen molar-refractivity contribution in [2.45, 2.75) is 52.4 Å². The van der Waals surface area contributed by atoms with Crippen molar-refractivity contribution in [1.82, 2.24) is 5.32 Å². The number of hydrogen-bond acceptors (Lipinski definition) is 4. The van der Waals surface area contributed by atoms with Gasteiger partial charge in [0.25, 0.3) is 5.91 Å². The van der Waals surface area contributed by atoms with Gasteiger partial charge in [0.05, 0.1) is 7.11 Å². The first-order chi connectivity index (χ1) is 12.1. The summed E-state index contributed by atoms with van der Waals surface area (Å²) in [5.41, 5.74) is 1.85. The van der Waals surface area contributed by atoms with Crippen LogP contribution in [0.5, 0.6) is 0 Å². The molecule has 140 valence electrons. The van der Waals surface area contributed by atoms with E-state index in [-0.39, 0.29) is 11.9 Å². The Morgan fingerprint density at radius 3 is 2.36 bits per heavy atom. The number of carbonyl (C=O) groups is 2. The third-order valence-electron chi connectivity index (χ3n) is 4.23. The Morgan fingerprint density at radius 2 is 1.76 bits per heavy atom. The number of benzene rings is 1. The van der Waals surface area contributed by atoms with Gasteiger partial charge in [0.2, 0.25) is 0 Å². The van der Waals surface area contributed by atoms with Gasteiger partial charge in [-0.25, -0.2) is 0 Å². The van der Waals surface area contributed by atoms with Gasteiger partial charge in [-0.3, -0.25) is 9.59 Å². The van der Waals surface area contributed by atoms with E-state index in [2.05, 4.69) is 28.8 Å². The molecule has 0 aromatic heterocycles. The molecule has 0 spiro atoms. The number of methoxy groups -OCH3 is 1. The zero-order valence-electron chi connectivity index (χ0n) is 15.8. The number of esters is 1. The van der Waals surface area contributed by atoms with E-state index in [9.17, 15) is 9.59 Å². The summed E-state index contributed by atoms with van der Waals surface area (Å²) in [7, 11) is 1.40. The first kappa shape index (κ1) is 21.0. The van der Waals surface area contributed by atoms with Crippen LogP contribution in [0.25, 0.3) is 0 Å². The zero-order chi connectivity index (χ0) is 18.5. The van der Waals surface area contributed by atoms with Crippen LogP contribution in [-0.2, 0) is 9.53 Å². The molecule has 0 fully saturated rings. The van der Waals surface area contributed by atoms with Gasteiger partial charge in [0, 0.05) is 37.3 Å². The zero-order valence-corrected chi connectivity index (χ0v) is 15.8. The molecule has 0 heterocycles. The Balaban J connectivity index is 2.35. The van der Waals surface area contributed by atoms with Crippen LogP contribution in [0.15, 0.2) is 24.3 Å². The molecule has 25 heavy (non-hydrogen) atoms. The van der Waals surface area contributed by atoms with Gasteiger partial charge < -0.3 is 15.0 Å². The lowest BCUT2D eigenvalue weighted by atomic mass is 10.1. The third-order valence-corrected chi connectivity index (χ3v) is 4.23. The maximum atomic E-state index is 12.2.